The summed E-state index contributed by atoms with van der Waals surface area (Å²) in [6.45, 7) is 12.5. The summed E-state index contributed by atoms with van der Waals surface area (Å²) in [7, 11) is 0. The van der Waals surface area contributed by atoms with Gasteiger partial charge in [0.25, 0.3) is 17.7 Å². The third-order valence-corrected chi connectivity index (χ3v) is 13.7. The molecule has 0 aromatic heterocycles. The first-order valence-electron chi connectivity index (χ1n) is 24.5. The van der Waals surface area contributed by atoms with Crippen LogP contribution in [0.4, 0.5) is 5.69 Å². The Labute approximate surface area is 403 Å². The first-order chi connectivity index (χ1) is 33.5. The van der Waals surface area contributed by atoms with E-state index in [1.807, 2.05) is 0 Å². The number of hydrogen-bond donors (Lipinski definition) is 4. The second-order valence-electron chi connectivity index (χ2n) is 18.5. The van der Waals surface area contributed by atoms with Gasteiger partial charge < -0.3 is 44.1 Å². The normalized spacial score (nSPS) is 19.0. The Balaban J connectivity index is 0.643. The van der Waals surface area contributed by atoms with Gasteiger partial charge in [-0.15, -0.1) is 0 Å². The molecule has 18 heteroatoms. The van der Waals surface area contributed by atoms with E-state index in [2.05, 4.69) is 38.6 Å². The molecule has 5 amide bonds. The highest BCUT2D eigenvalue weighted by atomic mass is 16.6. The van der Waals surface area contributed by atoms with Gasteiger partial charge in [-0.2, -0.15) is 0 Å². The average molecular weight is 955 g/mol. The third-order valence-electron chi connectivity index (χ3n) is 13.7. The van der Waals surface area contributed by atoms with Gasteiger partial charge in [-0.05, 0) is 60.9 Å². The van der Waals surface area contributed by atoms with E-state index in [4.69, 9.17) is 23.7 Å². The number of carbonyl (C=O) groups excluding carboxylic acids is 5. The summed E-state index contributed by atoms with van der Waals surface area (Å²) < 4.78 is 29.0. The van der Waals surface area contributed by atoms with Gasteiger partial charge in [0, 0.05) is 82.6 Å². The lowest BCUT2D eigenvalue weighted by atomic mass is 9.90. The summed E-state index contributed by atoms with van der Waals surface area (Å²) in [4.78, 5) is 71.8. The Bertz CT molecular complexity index is 2330. The van der Waals surface area contributed by atoms with E-state index in [-0.39, 0.29) is 52.7 Å². The Morgan fingerprint density at radius 2 is 1.43 bits per heavy atom. The molecule has 4 N–H and O–H groups in total. The molecule has 3 aromatic carbocycles. The van der Waals surface area contributed by atoms with Crippen LogP contribution >= 0.6 is 0 Å². The lowest BCUT2D eigenvalue weighted by molar-refractivity contribution is -0.136. The maximum atomic E-state index is 14.0. The molecule has 1 unspecified atom stereocenters. The number of piperazine rings is 1. The van der Waals surface area contributed by atoms with E-state index >= 15 is 0 Å². The first kappa shape index (κ1) is 49.8. The zero-order valence-electron chi connectivity index (χ0n) is 39.6. The number of fused-ring (bicyclic) bond motifs is 2. The van der Waals surface area contributed by atoms with Crippen molar-refractivity contribution in [2.45, 2.75) is 77.5 Å². The van der Waals surface area contributed by atoms with Crippen molar-refractivity contribution in [3.8, 4) is 17.2 Å². The summed E-state index contributed by atoms with van der Waals surface area (Å²) in [6.07, 6.45) is 5.91. The number of piperidine rings is 1. The zero-order valence-corrected chi connectivity index (χ0v) is 39.6. The van der Waals surface area contributed by atoms with Crippen LogP contribution in [0, 0.1) is 12.8 Å². The number of nitrogens with zero attached hydrogens (tertiary/aromatic N) is 4. The number of benzene rings is 3. The Morgan fingerprint density at radius 1 is 0.754 bits per heavy atom. The summed E-state index contributed by atoms with van der Waals surface area (Å²) >= 11 is 0. The molecule has 69 heavy (non-hydrogen) atoms. The predicted molar refractivity (Wildman–Crippen MR) is 253 cm³/mol. The Morgan fingerprint density at radius 3 is 2.16 bits per heavy atom. The highest BCUT2D eigenvalue weighted by molar-refractivity contribution is 6.25. The topological polar surface area (TPSA) is 209 Å². The van der Waals surface area contributed by atoms with Gasteiger partial charge in [-0.1, -0.05) is 43.5 Å². The number of phenolic OH excluding ortho intramolecular Hbond substituents is 2. The molecule has 2 saturated heterocycles. The van der Waals surface area contributed by atoms with Crippen molar-refractivity contribution >= 4 is 35.2 Å². The van der Waals surface area contributed by atoms with Crippen LogP contribution < -0.4 is 15.4 Å². The van der Waals surface area contributed by atoms with Crippen LogP contribution in [0.2, 0.25) is 0 Å². The van der Waals surface area contributed by atoms with Gasteiger partial charge in [-0.25, -0.2) is 0 Å². The molecule has 372 valence electrons. The second kappa shape index (κ2) is 23.8. The monoisotopic (exact) mass is 954 g/mol. The third kappa shape index (κ3) is 12.4. The molecule has 4 aliphatic heterocycles. The number of anilines is 1. The molecular weight excluding hydrogens is 889 g/mol. The lowest BCUT2D eigenvalue weighted by Crippen LogP contribution is -2.54. The summed E-state index contributed by atoms with van der Waals surface area (Å²) in [5.74, 6) is -2.13. The minimum absolute atomic E-state index is 0.0625. The fourth-order valence-corrected chi connectivity index (χ4v) is 9.82. The number of hydrogen-bond acceptors (Lipinski definition) is 15. The zero-order chi connectivity index (χ0) is 48.3. The lowest BCUT2D eigenvalue weighted by Gasteiger charge is -2.34. The van der Waals surface area contributed by atoms with Crippen molar-refractivity contribution in [1.29, 1.82) is 0 Å². The van der Waals surface area contributed by atoms with Gasteiger partial charge in [-0.3, -0.25) is 44.0 Å². The highest BCUT2D eigenvalue weighted by Gasteiger charge is 2.45. The number of phenols is 2. The molecule has 1 aliphatic carbocycles. The van der Waals surface area contributed by atoms with Crippen molar-refractivity contribution in [2.24, 2.45) is 5.92 Å². The van der Waals surface area contributed by atoms with Crippen LogP contribution in [0.15, 0.2) is 42.5 Å². The number of rotatable bonds is 23. The molecule has 0 spiro atoms. The number of aromatic hydroxyl groups is 2. The van der Waals surface area contributed by atoms with Crippen LogP contribution in [-0.2, 0) is 48.2 Å². The van der Waals surface area contributed by atoms with Crippen molar-refractivity contribution < 1.29 is 57.9 Å². The summed E-state index contributed by atoms with van der Waals surface area (Å²) in [5.41, 5.74) is 4.91. The minimum atomic E-state index is -1.02. The molecule has 0 radical (unpaired) electrons. The van der Waals surface area contributed by atoms with E-state index in [9.17, 15) is 34.2 Å². The largest absolute Gasteiger partial charge is 0.507 e. The molecular formula is C51H66N6O12. The first-order valence-corrected chi connectivity index (χ1v) is 24.5. The Hall–Kier alpha value is -5.63. The van der Waals surface area contributed by atoms with E-state index in [0.29, 0.717) is 96.3 Å². The van der Waals surface area contributed by atoms with Gasteiger partial charge in [0.1, 0.15) is 28.9 Å². The average Bonchev–Trinajstić information content (AvgIpc) is 3.89. The standard InChI is InChI=1S/C51H66N6O12/c1-34-42(58)29-43(59)46(47(34)69-33-35-6-3-2-4-7-35)50(63)56-31-37-11-10-36(28-38(37)32-56)30-55-17-15-54(16-18-55)19-21-66-23-25-68-27-26-67-24-22-65-20-14-52-40-9-5-8-39-45(40)51(64)57(49(39)62)41-12-13-44(60)53-48(41)61/h5,8-11,28-29,35,41,52,58-59H,2-4,6-7,12-27,30-33H2,1H3,(H,53,60,61). The van der Waals surface area contributed by atoms with E-state index < -0.39 is 29.7 Å². The molecule has 3 fully saturated rings. The number of nitrogens with one attached hydrogen (secondary N) is 2. The summed E-state index contributed by atoms with van der Waals surface area (Å²) in [6, 6.07) is 11.6. The summed E-state index contributed by atoms with van der Waals surface area (Å²) in [5, 5.41) is 26.8. The SMILES string of the molecule is Cc1c(O)cc(O)c(C(=O)N2Cc3ccc(CN4CCN(CCOCCOCCOCCOCCNc5cccc6c5C(=O)N(C5CCC(=O)NC5=O)C6=O)CC4)cc3C2)c1OCC1CCCCC1. The second-order valence-corrected chi connectivity index (χ2v) is 18.5. The van der Waals surface area contributed by atoms with Crippen molar-refractivity contribution in [3.63, 3.8) is 0 Å². The molecule has 3 aromatic rings. The van der Waals surface area contributed by atoms with Gasteiger partial charge >= 0.3 is 0 Å². The van der Waals surface area contributed by atoms with Gasteiger partial charge in [0.2, 0.25) is 11.8 Å². The van der Waals surface area contributed by atoms with Crippen molar-refractivity contribution in [2.75, 3.05) is 104 Å². The Kier molecular flexibility index (Phi) is 17.2. The quantitative estimate of drug-likeness (QED) is 0.0776. The minimum Gasteiger partial charge on any atom is -0.507 e. The number of imide groups is 2. The van der Waals surface area contributed by atoms with Crippen LogP contribution in [-0.4, -0.2) is 164 Å². The van der Waals surface area contributed by atoms with E-state index in [0.717, 1.165) is 68.1 Å². The molecule has 18 nitrogen and oxygen atoms in total. The maximum Gasteiger partial charge on any atom is 0.264 e. The smallest absolute Gasteiger partial charge is 0.264 e. The van der Waals surface area contributed by atoms with Crippen molar-refractivity contribution in [1.82, 2.24) is 24.9 Å². The maximum absolute atomic E-state index is 14.0. The van der Waals surface area contributed by atoms with E-state index in [1.165, 1.54) is 30.9 Å². The van der Waals surface area contributed by atoms with Crippen LogP contribution in [0.3, 0.4) is 0 Å². The van der Waals surface area contributed by atoms with Gasteiger partial charge in [0.05, 0.1) is 70.6 Å². The highest BCUT2D eigenvalue weighted by Crippen LogP contribution is 2.41. The molecule has 1 saturated carbocycles. The van der Waals surface area contributed by atoms with Gasteiger partial charge in [0.15, 0.2) is 0 Å². The molecule has 5 aliphatic rings. The van der Waals surface area contributed by atoms with E-state index in [1.54, 1.807) is 30.0 Å². The molecule has 4 heterocycles. The number of ether oxygens (including phenoxy) is 5. The van der Waals surface area contributed by atoms with Crippen LogP contribution in [0.5, 0.6) is 17.2 Å². The van der Waals surface area contributed by atoms with Crippen molar-refractivity contribution in [3.05, 3.63) is 81.4 Å². The number of carbonyl (C=O) groups is 5. The van der Waals surface area contributed by atoms with Crippen LogP contribution in [0.25, 0.3) is 0 Å². The molecule has 1 atom stereocenters. The molecule has 8 rings (SSSR count). The fourth-order valence-electron chi connectivity index (χ4n) is 9.82. The van der Waals surface area contributed by atoms with Crippen LogP contribution in [0.1, 0.15) is 98.3 Å². The predicted octanol–water partition coefficient (Wildman–Crippen LogP) is 4.22. The number of amides is 5. The molecule has 0 bridgehead atoms. The fraction of sp³-hybridized carbons (Fsp3) is 0.549.